The van der Waals surface area contributed by atoms with Gasteiger partial charge in [-0.15, -0.1) is 0 Å². The van der Waals surface area contributed by atoms with Crippen molar-refractivity contribution in [2.75, 3.05) is 0 Å². The summed E-state index contributed by atoms with van der Waals surface area (Å²) in [5.41, 5.74) is 9.14. The van der Waals surface area contributed by atoms with Crippen molar-refractivity contribution >= 4 is 21.8 Å². The SMILES string of the molecule is c1ccc(Cn2cc(C(c3ccccc3)c3cn(Cc4ccccc4)c4ccccc34)c3ccccc32)cc1. The predicted octanol–water partition coefficient (Wildman–Crippen LogP) is 8.87. The molecular weight excluding hydrogens is 472 g/mol. The number of rotatable bonds is 7. The molecule has 0 saturated heterocycles. The van der Waals surface area contributed by atoms with Crippen LogP contribution < -0.4 is 0 Å². The van der Waals surface area contributed by atoms with Gasteiger partial charge in [-0.25, -0.2) is 0 Å². The summed E-state index contributed by atoms with van der Waals surface area (Å²) in [5, 5.41) is 2.62. The topological polar surface area (TPSA) is 9.86 Å². The van der Waals surface area contributed by atoms with Crippen LogP contribution in [-0.4, -0.2) is 9.13 Å². The lowest BCUT2D eigenvalue weighted by Crippen LogP contribution is -2.03. The van der Waals surface area contributed by atoms with Gasteiger partial charge in [0.05, 0.1) is 0 Å². The van der Waals surface area contributed by atoms with Crippen LogP contribution in [0.15, 0.2) is 152 Å². The van der Waals surface area contributed by atoms with Crippen molar-refractivity contribution in [1.29, 1.82) is 0 Å². The minimum Gasteiger partial charge on any atom is -0.343 e. The van der Waals surface area contributed by atoms with E-state index < -0.39 is 0 Å². The quantitative estimate of drug-likeness (QED) is 0.206. The van der Waals surface area contributed by atoms with Crippen molar-refractivity contribution in [3.63, 3.8) is 0 Å². The van der Waals surface area contributed by atoms with Crippen LogP contribution >= 0.6 is 0 Å². The molecule has 7 aromatic rings. The van der Waals surface area contributed by atoms with Crippen LogP contribution in [0.1, 0.15) is 33.7 Å². The molecule has 7 rings (SSSR count). The zero-order valence-corrected chi connectivity index (χ0v) is 21.8. The number of benzene rings is 5. The lowest BCUT2D eigenvalue weighted by atomic mass is 9.85. The second-order valence-electron chi connectivity index (χ2n) is 10.3. The Kier molecular flexibility index (Phi) is 6.07. The highest BCUT2D eigenvalue weighted by Crippen LogP contribution is 2.41. The highest BCUT2D eigenvalue weighted by molar-refractivity contribution is 5.90. The molecule has 0 bridgehead atoms. The van der Waals surface area contributed by atoms with E-state index in [0.717, 1.165) is 13.1 Å². The summed E-state index contributed by atoms with van der Waals surface area (Å²) in [6.07, 6.45) is 4.78. The lowest BCUT2D eigenvalue weighted by Gasteiger charge is -2.17. The number of nitrogens with zero attached hydrogens (tertiary/aromatic N) is 2. The highest BCUT2D eigenvalue weighted by atomic mass is 15.0. The molecule has 2 heterocycles. The van der Waals surface area contributed by atoms with E-state index in [1.165, 1.54) is 49.6 Å². The van der Waals surface area contributed by atoms with Gasteiger partial charge in [-0.05, 0) is 39.9 Å². The zero-order valence-electron chi connectivity index (χ0n) is 21.8. The van der Waals surface area contributed by atoms with Gasteiger partial charge in [0.25, 0.3) is 0 Å². The minimum atomic E-state index is 0.107. The Morgan fingerprint density at radius 3 is 1.26 bits per heavy atom. The van der Waals surface area contributed by atoms with Gasteiger partial charge < -0.3 is 9.13 Å². The molecule has 0 N–H and O–H groups in total. The fourth-order valence-electron chi connectivity index (χ4n) is 6.00. The van der Waals surface area contributed by atoms with Gasteiger partial charge in [-0.2, -0.15) is 0 Å². The van der Waals surface area contributed by atoms with Crippen LogP contribution in [0, 0.1) is 0 Å². The molecule has 0 aliphatic heterocycles. The van der Waals surface area contributed by atoms with E-state index >= 15 is 0 Å². The summed E-state index contributed by atoms with van der Waals surface area (Å²) < 4.78 is 4.83. The molecule has 0 aliphatic rings. The molecule has 2 heteroatoms. The van der Waals surface area contributed by atoms with Crippen LogP contribution in [0.2, 0.25) is 0 Å². The van der Waals surface area contributed by atoms with Crippen molar-refractivity contribution in [3.8, 4) is 0 Å². The summed E-state index contributed by atoms with van der Waals surface area (Å²) in [7, 11) is 0. The maximum atomic E-state index is 2.42. The molecule has 0 fully saturated rings. The number of hydrogen-bond donors (Lipinski definition) is 0. The van der Waals surface area contributed by atoms with E-state index in [0.29, 0.717) is 0 Å². The first-order valence-electron chi connectivity index (χ1n) is 13.6. The van der Waals surface area contributed by atoms with Crippen molar-refractivity contribution in [2.24, 2.45) is 0 Å². The molecule has 0 unspecified atom stereocenters. The summed E-state index contributed by atoms with van der Waals surface area (Å²) >= 11 is 0. The van der Waals surface area contributed by atoms with E-state index in [1.807, 2.05) is 0 Å². The maximum Gasteiger partial charge on any atom is 0.0486 e. The number of fused-ring (bicyclic) bond motifs is 2. The smallest absolute Gasteiger partial charge is 0.0486 e. The average Bonchev–Trinajstić information content (AvgIpc) is 3.54. The first kappa shape index (κ1) is 23.3. The normalized spacial score (nSPS) is 11.5. The third kappa shape index (κ3) is 4.45. The molecule has 0 saturated carbocycles. The average molecular weight is 503 g/mol. The maximum absolute atomic E-state index is 2.42. The van der Waals surface area contributed by atoms with E-state index in [2.05, 4.69) is 161 Å². The Hall–Kier alpha value is -4.82. The first-order chi connectivity index (χ1) is 19.3. The predicted molar refractivity (Wildman–Crippen MR) is 162 cm³/mol. The van der Waals surface area contributed by atoms with Crippen molar-refractivity contribution in [1.82, 2.24) is 9.13 Å². The van der Waals surface area contributed by atoms with Crippen LogP contribution in [0.25, 0.3) is 21.8 Å². The van der Waals surface area contributed by atoms with Crippen molar-refractivity contribution in [2.45, 2.75) is 19.0 Å². The summed E-state index contributed by atoms with van der Waals surface area (Å²) in [5.74, 6) is 0.107. The van der Waals surface area contributed by atoms with Crippen LogP contribution in [0.4, 0.5) is 0 Å². The van der Waals surface area contributed by atoms with Gasteiger partial charge in [0, 0.05) is 53.2 Å². The number of aromatic nitrogens is 2. The standard InChI is InChI=1S/C37H30N2/c1-4-14-28(15-5-1)24-38-26-33(31-20-10-12-22-35(31)38)37(30-18-8-3-9-19-30)34-27-39(25-29-16-6-2-7-17-29)36-23-13-11-21-32(34)36/h1-23,26-27,37H,24-25H2. The zero-order chi connectivity index (χ0) is 26.0. The van der Waals surface area contributed by atoms with Gasteiger partial charge in [0.1, 0.15) is 0 Å². The minimum absolute atomic E-state index is 0.107. The molecule has 0 spiro atoms. The molecule has 0 radical (unpaired) electrons. The fraction of sp³-hybridized carbons (Fsp3) is 0.0811. The molecule has 2 nitrogen and oxygen atoms in total. The molecular formula is C37H30N2. The molecule has 0 amide bonds. The highest BCUT2D eigenvalue weighted by Gasteiger charge is 2.25. The summed E-state index contributed by atoms with van der Waals surface area (Å²) in [4.78, 5) is 0. The summed E-state index contributed by atoms with van der Waals surface area (Å²) in [6, 6.07) is 50.2. The number of para-hydroxylation sites is 2. The van der Waals surface area contributed by atoms with Crippen LogP contribution in [-0.2, 0) is 13.1 Å². The first-order valence-corrected chi connectivity index (χ1v) is 13.6. The monoisotopic (exact) mass is 502 g/mol. The van der Waals surface area contributed by atoms with Crippen LogP contribution in [0.5, 0.6) is 0 Å². The van der Waals surface area contributed by atoms with E-state index in [9.17, 15) is 0 Å². The Morgan fingerprint density at radius 1 is 0.410 bits per heavy atom. The third-order valence-electron chi connectivity index (χ3n) is 7.79. The largest absolute Gasteiger partial charge is 0.343 e. The molecule has 39 heavy (non-hydrogen) atoms. The molecule has 188 valence electrons. The van der Waals surface area contributed by atoms with E-state index in [4.69, 9.17) is 0 Å². The van der Waals surface area contributed by atoms with E-state index in [1.54, 1.807) is 0 Å². The van der Waals surface area contributed by atoms with Gasteiger partial charge in [-0.1, -0.05) is 127 Å². The lowest BCUT2D eigenvalue weighted by molar-refractivity contribution is 0.816. The van der Waals surface area contributed by atoms with Gasteiger partial charge in [0.15, 0.2) is 0 Å². The molecule has 5 aromatic carbocycles. The molecule has 0 atom stereocenters. The molecule has 2 aromatic heterocycles. The van der Waals surface area contributed by atoms with Crippen molar-refractivity contribution < 1.29 is 0 Å². The molecule has 0 aliphatic carbocycles. The van der Waals surface area contributed by atoms with Crippen molar-refractivity contribution in [3.05, 3.63) is 180 Å². The Morgan fingerprint density at radius 2 is 0.795 bits per heavy atom. The Labute approximate surface area is 229 Å². The van der Waals surface area contributed by atoms with Gasteiger partial charge in [-0.3, -0.25) is 0 Å². The van der Waals surface area contributed by atoms with Gasteiger partial charge in [0.2, 0.25) is 0 Å². The van der Waals surface area contributed by atoms with Crippen LogP contribution in [0.3, 0.4) is 0 Å². The Bertz CT molecular complexity index is 1720. The second-order valence-corrected chi connectivity index (χ2v) is 10.3. The van der Waals surface area contributed by atoms with Gasteiger partial charge >= 0.3 is 0 Å². The van der Waals surface area contributed by atoms with E-state index in [-0.39, 0.29) is 5.92 Å². The fourth-order valence-corrected chi connectivity index (χ4v) is 6.00. The number of hydrogen-bond acceptors (Lipinski definition) is 0. The Balaban J connectivity index is 1.44. The third-order valence-corrected chi connectivity index (χ3v) is 7.79. The summed E-state index contributed by atoms with van der Waals surface area (Å²) in [6.45, 7) is 1.69. The second kappa shape index (κ2) is 10.2.